The van der Waals surface area contributed by atoms with Crippen LogP contribution in [0, 0.1) is 0 Å². The van der Waals surface area contributed by atoms with Crippen LogP contribution >= 0.6 is 23.2 Å². The maximum absolute atomic E-state index is 12.2. The highest BCUT2D eigenvalue weighted by molar-refractivity contribution is 7.89. The molecule has 1 heterocycles. The van der Waals surface area contributed by atoms with Gasteiger partial charge in [-0.1, -0.05) is 34.4 Å². The summed E-state index contributed by atoms with van der Waals surface area (Å²) in [5.74, 6) is 0.753. The molecule has 6 nitrogen and oxygen atoms in total. The SMILES string of the molecule is O=S(=O)(NCCc1nc(-c2ccc(Cl)cc2)no1)c1cccc(Cl)c1. The van der Waals surface area contributed by atoms with Crippen molar-refractivity contribution in [2.75, 3.05) is 6.54 Å². The first-order valence-corrected chi connectivity index (χ1v) is 9.52. The van der Waals surface area contributed by atoms with Crippen LogP contribution in [0.15, 0.2) is 57.9 Å². The number of hydrogen-bond acceptors (Lipinski definition) is 5. The van der Waals surface area contributed by atoms with Gasteiger partial charge >= 0.3 is 0 Å². The van der Waals surface area contributed by atoms with E-state index < -0.39 is 10.0 Å². The van der Waals surface area contributed by atoms with E-state index in [1.807, 2.05) is 0 Å². The topological polar surface area (TPSA) is 85.1 Å². The van der Waals surface area contributed by atoms with Crippen molar-refractivity contribution in [1.82, 2.24) is 14.9 Å². The highest BCUT2D eigenvalue weighted by atomic mass is 35.5. The Morgan fingerprint density at radius 2 is 1.80 bits per heavy atom. The van der Waals surface area contributed by atoms with Gasteiger partial charge in [-0.25, -0.2) is 13.1 Å². The number of halogens is 2. The smallest absolute Gasteiger partial charge is 0.240 e. The first kappa shape index (κ1) is 17.9. The van der Waals surface area contributed by atoms with Crippen molar-refractivity contribution in [3.63, 3.8) is 0 Å². The molecule has 9 heteroatoms. The van der Waals surface area contributed by atoms with Gasteiger partial charge < -0.3 is 4.52 Å². The van der Waals surface area contributed by atoms with Gasteiger partial charge in [0.2, 0.25) is 21.7 Å². The average molecular weight is 398 g/mol. The minimum absolute atomic E-state index is 0.104. The summed E-state index contributed by atoms with van der Waals surface area (Å²) in [4.78, 5) is 4.34. The number of nitrogens with one attached hydrogen (secondary N) is 1. The molecule has 0 fully saturated rings. The van der Waals surface area contributed by atoms with Gasteiger partial charge in [-0.05, 0) is 42.5 Å². The molecule has 3 rings (SSSR count). The van der Waals surface area contributed by atoms with Gasteiger partial charge in [0.05, 0.1) is 4.90 Å². The van der Waals surface area contributed by atoms with Crippen LogP contribution in [0.2, 0.25) is 10.0 Å². The second-order valence-corrected chi connectivity index (χ2v) is 7.76. The van der Waals surface area contributed by atoms with Crippen molar-refractivity contribution in [3.05, 3.63) is 64.5 Å². The molecule has 2 aromatic carbocycles. The predicted molar refractivity (Wildman–Crippen MR) is 95.1 cm³/mol. The van der Waals surface area contributed by atoms with E-state index in [0.29, 0.717) is 21.8 Å². The first-order valence-electron chi connectivity index (χ1n) is 7.28. The molecule has 0 bridgehead atoms. The largest absolute Gasteiger partial charge is 0.339 e. The number of hydrogen-bond donors (Lipinski definition) is 1. The van der Waals surface area contributed by atoms with Crippen LogP contribution in [0.25, 0.3) is 11.4 Å². The fraction of sp³-hybridized carbons (Fsp3) is 0.125. The summed E-state index contributed by atoms with van der Waals surface area (Å²) in [5.41, 5.74) is 0.763. The van der Waals surface area contributed by atoms with Crippen molar-refractivity contribution in [3.8, 4) is 11.4 Å². The molecule has 0 atom stereocenters. The maximum Gasteiger partial charge on any atom is 0.240 e. The van der Waals surface area contributed by atoms with E-state index in [1.54, 1.807) is 36.4 Å². The fourth-order valence-corrected chi connectivity index (χ4v) is 3.54. The minimum atomic E-state index is -3.64. The molecule has 1 aromatic heterocycles. The standard InChI is InChI=1S/C16H13Cl2N3O3S/c17-12-6-4-11(5-7-12)16-20-15(24-21-16)8-9-19-25(22,23)14-3-1-2-13(18)10-14/h1-7,10,19H,8-9H2. The van der Waals surface area contributed by atoms with Gasteiger partial charge in [0.25, 0.3) is 0 Å². The molecule has 0 amide bonds. The van der Waals surface area contributed by atoms with Crippen LogP contribution in [-0.4, -0.2) is 25.1 Å². The Hall–Kier alpha value is -1.93. The summed E-state index contributed by atoms with van der Waals surface area (Å²) in [5, 5.41) is 4.84. The Kier molecular flexibility index (Phi) is 5.39. The molecule has 0 aliphatic heterocycles. The number of rotatable bonds is 6. The highest BCUT2D eigenvalue weighted by Crippen LogP contribution is 2.19. The zero-order valence-electron chi connectivity index (χ0n) is 12.8. The van der Waals surface area contributed by atoms with Gasteiger partial charge in [0.1, 0.15) is 0 Å². The van der Waals surface area contributed by atoms with Crippen molar-refractivity contribution in [2.45, 2.75) is 11.3 Å². The summed E-state index contributed by atoms with van der Waals surface area (Å²) < 4.78 is 32.0. The molecule has 0 aliphatic carbocycles. The molecule has 130 valence electrons. The van der Waals surface area contributed by atoms with E-state index >= 15 is 0 Å². The molecular weight excluding hydrogens is 385 g/mol. The lowest BCUT2D eigenvalue weighted by Gasteiger charge is -2.05. The van der Waals surface area contributed by atoms with Gasteiger partial charge in [-0.2, -0.15) is 4.98 Å². The third kappa shape index (κ3) is 4.58. The van der Waals surface area contributed by atoms with Crippen molar-refractivity contribution in [1.29, 1.82) is 0 Å². The summed E-state index contributed by atoms with van der Waals surface area (Å²) in [6.07, 6.45) is 0.264. The van der Waals surface area contributed by atoms with Gasteiger partial charge in [0.15, 0.2) is 0 Å². The van der Waals surface area contributed by atoms with Crippen LogP contribution in [-0.2, 0) is 16.4 Å². The molecule has 1 N–H and O–H groups in total. The highest BCUT2D eigenvalue weighted by Gasteiger charge is 2.15. The van der Waals surface area contributed by atoms with Crippen LogP contribution < -0.4 is 4.72 Å². The lowest BCUT2D eigenvalue weighted by Crippen LogP contribution is -2.26. The quantitative estimate of drug-likeness (QED) is 0.686. The third-order valence-electron chi connectivity index (χ3n) is 3.31. The Balaban J connectivity index is 1.62. The number of sulfonamides is 1. The van der Waals surface area contributed by atoms with E-state index in [-0.39, 0.29) is 17.9 Å². The maximum atomic E-state index is 12.2. The van der Waals surface area contributed by atoms with Crippen molar-refractivity contribution >= 4 is 33.2 Å². The summed E-state index contributed by atoms with van der Waals surface area (Å²) in [6, 6.07) is 13.1. The van der Waals surface area contributed by atoms with Crippen LogP contribution in [0.5, 0.6) is 0 Å². The lowest BCUT2D eigenvalue weighted by atomic mass is 10.2. The molecule has 0 radical (unpaired) electrons. The van der Waals surface area contributed by atoms with E-state index in [0.717, 1.165) is 5.56 Å². The van der Waals surface area contributed by atoms with Crippen LogP contribution in [0.4, 0.5) is 0 Å². The predicted octanol–water partition coefficient (Wildman–Crippen LogP) is 3.56. The van der Waals surface area contributed by atoms with Gasteiger partial charge in [0, 0.05) is 28.6 Å². The number of benzene rings is 2. The summed E-state index contributed by atoms with van der Waals surface area (Å²) in [7, 11) is -3.64. The molecule has 3 aromatic rings. The summed E-state index contributed by atoms with van der Waals surface area (Å²) >= 11 is 11.7. The zero-order chi connectivity index (χ0) is 17.9. The number of aromatic nitrogens is 2. The Morgan fingerprint density at radius 1 is 1.04 bits per heavy atom. The first-order chi connectivity index (χ1) is 11.9. The second-order valence-electron chi connectivity index (χ2n) is 5.12. The molecule has 0 spiro atoms. The van der Waals surface area contributed by atoms with Crippen molar-refractivity contribution in [2.24, 2.45) is 0 Å². The second kappa shape index (κ2) is 7.53. The van der Waals surface area contributed by atoms with Gasteiger partial charge in [-0.15, -0.1) is 0 Å². The molecule has 0 saturated heterocycles. The Labute approximate surface area is 154 Å². The minimum Gasteiger partial charge on any atom is -0.339 e. The fourth-order valence-electron chi connectivity index (χ4n) is 2.08. The van der Waals surface area contributed by atoms with Gasteiger partial charge in [-0.3, -0.25) is 0 Å². The zero-order valence-corrected chi connectivity index (χ0v) is 15.1. The average Bonchev–Trinajstić information content (AvgIpc) is 3.04. The summed E-state index contributed by atoms with van der Waals surface area (Å²) in [6.45, 7) is 0.122. The molecule has 0 aliphatic rings. The molecule has 0 saturated carbocycles. The molecule has 25 heavy (non-hydrogen) atoms. The van der Waals surface area contributed by atoms with E-state index in [1.165, 1.54) is 12.1 Å². The van der Waals surface area contributed by atoms with E-state index in [9.17, 15) is 8.42 Å². The lowest BCUT2D eigenvalue weighted by molar-refractivity contribution is 0.379. The Bertz CT molecular complexity index is 972. The normalized spacial score (nSPS) is 11.6. The van der Waals surface area contributed by atoms with E-state index in [4.69, 9.17) is 27.7 Å². The molecule has 0 unspecified atom stereocenters. The van der Waals surface area contributed by atoms with Crippen molar-refractivity contribution < 1.29 is 12.9 Å². The molecular formula is C16H13Cl2N3O3S. The number of nitrogens with zero attached hydrogens (tertiary/aromatic N) is 2. The van der Waals surface area contributed by atoms with E-state index in [2.05, 4.69) is 14.9 Å². The monoisotopic (exact) mass is 397 g/mol. The Morgan fingerprint density at radius 3 is 2.52 bits per heavy atom. The van der Waals surface area contributed by atoms with Crippen LogP contribution in [0.1, 0.15) is 5.89 Å². The third-order valence-corrected chi connectivity index (χ3v) is 5.25. The van der Waals surface area contributed by atoms with Crippen LogP contribution in [0.3, 0.4) is 0 Å².